The fraction of sp³-hybridized carbons (Fsp3) is 0.417. The maximum absolute atomic E-state index is 13.1. The van der Waals surface area contributed by atoms with Gasteiger partial charge in [-0.05, 0) is 42.7 Å². The van der Waals surface area contributed by atoms with Crippen molar-refractivity contribution in [1.29, 1.82) is 0 Å². The first kappa shape index (κ1) is 19.5. The van der Waals surface area contributed by atoms with E-state index in [0.717, 1.165) is 25.2 Å². The van der Waals surface area contributed by atoms with Gasteiger partial charge in [0.05, 0.1) is 5.92 Å². The van der Waals surface area contributed by atoms with Crippen molar-refractivity contribution in [2.45, 2.75) is 26.7 Å². The second-order valence-electron chi connectivity index (χ2n) is 8.02. The van der Waals surface area contributed by atoms with Crippen LogP contribution >= 0.6 is 0 Å². The van der Waals surface area contributed by atoms with E-state index in [2.05, 4.69) is 55.1 Å². The summed E-state index contributed by atoms with van der Waals surface area (Å²) in [5.74, 6) is -0.0695. The van der Waals surface area contributed by atoms with Crippen molar-refractivity contribution in [3.05, 3.63) is 59.7 Å². The average Bonchev–Trinajstić information content (AvgIpc) is 3.15. The van der Waals surface area contributed by atoms with Gasteiger partial charge in [0.1, 0.15) is 0 Å². The van der Waals surface area contributed by atoms with Crippen molar-refractivity contribution in [2.75, 3.05) is 42.5 Å². The van der Waals surface area contributed by atoms with E-state index in [1.165, 1.54) is 16.8 Å². The van der Waals surface area contributed by atoms with Gasteiger partial charge in [-0.2, -0.15) is 0 Å². The number of para-hydroxylation sites is 1. The number of nitrogens with zero attached hydrogens (tertiary/aromatic N) is 3. The zero-order valence-corrected chi connectivity index (χ0v) is 17.3. The number of rotatable bonds is 4. The summed E-state index contributed by atoms with van der Waals surface area (Å²) in [4.78, 5) is 31.7. The van der Waals surface area contributed by atoms with Gasteiger partial charge in [-0.25, -0.2) is 0 Å². The predicted octanol–water partition coefficient (Wildman–Crippen LogP) is 3.26. The van der Waals surface area contributed by atoms with Gasteiger partial charge in [0.15, 0.2) is 0 Å². The Balaban J connectivity index is 1.37. The Morgan fingerprint density at radius 1 is 1.00 bits per heavy atom. The molecular formula is C24H29N3O2. The Morgan fingerprint density at radius 2 is 1.69 bits per heavy atom. The highest BCUT2D eigenvalue weighted by molar-refractivity contribution is 6.00. The zero-order valence-electron chi connectivity index (χ0n) is 17.3. The van der Waals surface area contributed by atoms with Gasteiger partial charge in [-0.3, -0.25) is 9.59 Å². The molecule has 0 spiro atoms. The van der Waals surface area contributed by atoms with Crippen molar-refractivity contribution in [3.8, 4) is 0 Å². The lowest BCUT2D eigenvalue weighted by Crippen LogP contribution is -2.50. The summed E-state index contributed by atoms with van der Waals surface area (Å²) in [5.41, 5.74) is 4.65. The number of anilines is 2. The van der Waals surface area contributed by atoms with E-state index in [1.54, 1.807) is 4.90 Å². The molecule has 2 aliphatic rings. The number of aryl methyl sites for hydroxylation is 2. The maximum Gasteiger partial charge on any atom is 0.228 e. The Hall–Kier alpha value is -2.82. The lowest BCUT2D eigenvalue weighted by atomic mass is 10.1. The molecule has 1 atom stereocenters. The van der Waals surface area contributed by atoms with E-state index in [0.29, 0.717) is 26.1 Å². The molecule has 2 saturated heterocycles. The number of hydrogen-bond acceptors (Lipinski definition) is 3. The predicted molar refractivity (Wildman–Crippen MR) is 116 cm³/mol. The number of carbonyl (C=O) groups excluding carboxylic acids is 2. The second-order valence-corrected chi connectivity index (χ2v) is 8.02. The van der Waals surface area contributed by atoms with E-state index < -0.39 is 0 Å². The molecule has 2 aromatic carbocycles. The molecule has 0 saturated carbocycles. The van der Waals surface area contributed by atoms with Crippen molar-refractivity contribution >= 4 is 23.2 Å². The summed E-state index contributed by atoms with van der Waals surface area (Å²) >= 11 is 0. The van der Waals surface area contributed by atoms with E-state index >= 15 is 0 Å². The fourth-order valence-electron chi connectivity index (χ4n) is 4.38. The van der Waals surface area contributed by atoms with E-state index in [1.807, 2.05) is 17.0 Å². The van der Waals surface area contributed by atoms with Gasteiger partial charge in [0.2, 0.25) is 11.8 Å². The highest BCUT2D eigenvalue weighted by Gasteiger charge is 2.38. The topological polar surface area (TPSA) is 43.9 Å². The van der Waals surface area contributed by atoms with Crippen LogP contribution in [0.4, 0.5) is 11.4 Å². The van der Waals surface area contributed by atoms with Crippen molar-refractivity contribution in [2.24, 2.45) is 5.92 Å². The van der Waals surface area contributed by atoms with Crippen LogP contribution in [0.5, 0.6) is 0 Å². The molecule has 2 heterocycles. The standard InChI is InChI=1S/C24H29N3O2/c1-3-19-8-10-21(11-9-19)27-17-20(16-23(27)28)24(29)26-14-12-25(13-15-26)22-7-5-4-6-18(22)2/h4-11,20H,3,12-17H2,1-2H3/t20-/m1/s1. The largest absolute Gasteiger partial charge is 0.368 e. The van der Waals surface area contributed by atoms with Gasteiger partial charge in [0, 0.05) is 50.5 Å². The van der Waals surface area contributed by atoms with Gasteiger partial charge >= 0.3 is 0 Å². The zero-order chi connectivity index (χ0) is 20.4. The number of piperazine rings is 1. The highest BCUT2D eigenvalue weighted by atomic mass is 16.2. The minimum Gasteiger partial charge on any atom is -0.368 e. The molecule has 2 fully saturated rings. The molecule has 0 unspecified atom stereocenters. The van der Waals surface area contributed by atoms with Crippen LogP contribution < -0.4 is 9.80 Å². The van der Waals surface area contributed by atoms with Crippen LogP contribution in [0.25, 0.3) is 0 Å². The molecule has 4 rings (SSSR count). The minimum absolute atomic E-state index is 0.0474. The number of benzene rings is 2. The summed E-state index contributed by atoms with van der Waals surface area (Å²) in [7, 11) is 0. The molecule has 2 aliphatic heterocycles. The molecule has 152 valence electrons. The highest BCUT2D eigenvalue weighted by Crippen LogP contribution is 2.28. The van der Waals surface area contributed by atoms with Gasteiger partial charge in [0.25, 0.3) is 0 Å². The number of hydrogen-bond donors (Lipinski definition) is 0. The van der Waals surface area contributed by atoms with Crippen molar-refractivity contribution in [3.63, 3.8) is 0 Å². The maximum atomic E-state index is 13.1. The Labute approximate surface area is 172 Å². The lowest BCUT2D eigenvalue weighted by molar-refractivity contribution is -0.136. The smallest absolute Gasteiger partial charge is 0.228 e. The minimum atomic E-state index is -0.238. The van der Waals surface area contributed by atoms with E-state index in [4.69, 9.17) is 0 Å². The Morgan fingerprint density at radius 3 is 2.34 bits per heavy atom. The Kier molecular flexibility index (Phi) is 5.56. The second kappa shape index (κ2) is 8.27. The van der Waals surface area contributed by atoms with Crippen LogP contribution in [0, 0.1) is 12.8 Å². The molecule has 29 heavy (non-hydrogen) atoms. The third-order valence-corrected chi connectivity index (χ3v) is 6.18. The first-order chi connectivity index (χ1) is 14.1. The quantitative estimate of drug-likeness (QED) is 0.804. The van der Waals surface area contributed by atoms with Crippen molar-refractivity contribution < 1.29 is 9.59 Å². The van der Waals surface area contributed by atoms with Gasteiger partial charge in [-0.1, -0.05) is 37.3 Å². The molecule has 0 aliphatic carbocycles. The number of amides is 2. The monoisotopic (exact) mass is 391 g/mol. The molecule has 0 N–H and O–H groups in total. The lowest BCUT2D eigenvalue weighted by Gasteiger charge is -2.37. The van der Waals surface area contributed by atoms with Crippen LogP contribution in [0.2, 0.25) is 0 Å². The molecule has 5 heteroatoms. The van der Waals surface area contributed by atoms with E-state index in [9.17, 15) is 9.59 Å². The average molecular weight is 392 g/mol. The third kappa shape index (κ3) is 4.00. The SMILES string of the molecule is CCc1ccc(N2C[C@H](C(=O)N3CCN(c4ccccc4C)CC3)CC2=O)cc1. The van der Waals surface area contributed by atoms with Crippen LogP contribution in [-0.4, -0.2) is 49.4 Å². The third-order valence-electron chi connectivity index (χ3n) is 6.18. The van der Waals surface area contributed by atoms with Gasteiger partial charge in [-0.15, -0.1) is 0 Å². The number of carbonyl (C=O) groups is 2. The molecule has 0 aromatic heterocycles. The fourth-order valence-corrected chi connectivity index (χ4v) is 4.38. The molecule has 2 amide bonds. The molecular weight excluding hydrogens is 362 g/mol. The first-order valence-electron chi connectivity index (χ1n) is 10.6. The summed E-state index contributed by atoms with van der Waals surface area (Å²) in [5, 5.41) is 0. The summed E-state index contributed by atoms with van der Waals surface area (Å²) in [6.45, 7) is 7.81. The van der Waals surface area contributed by atoms with Crippen molar-refractivity contribution in [1.82, 2.24) is 4.90 Å². The van der Waals surface area contributed by atoms with E-state index in [-0.39, 0.29) is 17.7 Å². The molecule has 2 aromatic rings. The summed E-state index contributed by atoms with van der Waals surface area (Å²) in [6, 6.07) is 16.5. The first-order valence-corrected chi connectivity index (χ1v) is 10.6. The van der Waals surface area contributed by atoms with Crippen LogP contribution in [0.3, 0.4) is 0 Å². The van der Waals surface area contributed by atoms with Crippen LogP contribution in [0.1, 0.15) is 24.5 Å². The molecule has 0 radical (unpaired) electrons. The van der Waals surface area contributed by atoms with Crippen LogP contribution in [0.15, 0.2) is 48.5 Å². The molecule has 5 nitrogen and oxygen atoms in total. The Bertz CT molecular complexity index is 885. The summed E-state index contributed by atoms with van der Waals surface area (Å²) in [6.07, 6.45) is 1.29. The van der Waals surface area contributed by atoms with Gasteiger partial charge < -0.3 is 14.7 Å². The molecule has 0 bridgehead atoms. The summed E-state index contributed by atoms with van der Waals surface area (Å²) < 4.78 is 0. The van der Waals surface area contributed by atoms with Crippen LogP contribution in [-0.2, 0) is 16.0 Å². The normalized spacial score (nSPS) is 19.7.